The van der Waals surface area contributed by atoms with Crippen molar-refractivity contribution in [3.8, 4) is 11.1 Å². The second kappa shape index (κ2) is 11.3. The molecule has 2 fully saturated rings. The molecule has 0 N–H and O–H groups in total. The molecule has 1 atom stereocenters. The first kappa shape index (κ1) is 26.3. The smallest absolute Gasteiger partial charge is 0.228 e. The summed E-state index contributed by atoms with van der Waals surface area (Å²) in [6, 6.07) is 16.8. The van der Waals surface area contributed by atoms with Crippen LogP contribution in [0.2, 0.25) is 0 Å². The van der Waals surface area contributed by atoms with Crippen LogP contribution in [0.3, 0.4) is 0 Å². The third-order valence-electron chi connectivity index (χ3n) is 7.95. The maximum Gasteiger partial charge on any atom is 0.228 e. The Bertz CT molecular complexity index is 1480. The minimum atomic E-state index is 0.0344. The van der Waals surface area contributed by atoms with Crippen molar-refractivity contribution >= 4 is 28.6 Å². The largest absolute Gasteiger partial charge is 0.377 e. The van der Waals surface area contributed by atoms with Crippen molar-refractivity contribution in [2.75, 3.05) is 55.7 Å². The fraction of sp³-hybridized carbons (Fsp3) is 0.419. The molecule has 2 saturated heterocycles. The van der Waals surface area contributed by atoms with Gasteiger partial charge in [0.1, 0.15) is 11.6 Å². The van der Waals surface area contributed by atoms with Gasteiger partial charge in [0.2, 0.25) is 11.9 Å². The Morgan fingerprint density at radius 2 is 1.80 bits per heavy atom. The molecule has 1 amide bonds. The average molecular weight is 541 g/mol. The summed E-state index contributed by atoms with van der Waals surface area (Å²) in [4.78, 5) is 29.3. The van der Waals surface area contributed by atoms with Gasteiger partial charge in [0.25, 0.3) is 0 Å². The highest BCUT2D eigenvalue weighted by Gasteiger charge is 2.30. The lowest BCUT2D eigenvalue weighted by Gasteiger charge is -2.38. The van der Waals surface area contributed by atoms with E-state index in [2.05, 4.69) is 57.4 Å². The molecule has 9 nitrogen and oxygen atoms in total. The van der Waals surface area contributed by atoms with Crippen molar-refractivity contribution in [1.82, 2.24) is 20.0 Å². The number of ether oxygens (including phenoxy) is 1. The van der Waals surface area contributed by atoms with Gasteiger partial charge >= 0.3 is 0 Å². The Hall–Kier alpha value is -3.98. The van der Waals surface area contributed by atoms with Gasteiger partial charge in [-0.15, -0.1) is 0 Å². The number of aryl methyl sites for hydroxylation is 2. The lowest BCUT2D eigenvalue weighted by molar-refractivity contribution is -0.131. The maximum absolute atomic E-state index is 12.5. The minimum absolute atomic E-state index is 0.0344. The first-order chi connectivity index (χ1) is 19.5. The number of anilines is 2. The van der Waals surface area contributed by atoms with Crippen LogP contribution in [0.1, 0.15) is 42.8 Å². The second-order valence-electron chi connectivity index (χ2n) is 10.6. The summed E-state index contributed by atoms with van der Waals surface area (Å²) in [5.74, 6) is 2.62. The molecule has 6 rings (SSSR count). The van der Waals surface area contributed by atoms with E-state index in [9.17, 15) is 4.79 Å². The highest BCUT2D eigenvalue weighted by molar-refractivity contribution is 5.94. The first-order valence-corrected chi connectivity index (χ1v) is 14.2. The molecule has 4 aromatic rings. The zero-order valence-corrected chi connectivity index (χ0v) is 23.5. The third-order valence-corrected chi connectivity index (χ3v) is 7.95. The Morgan fingerprint density at radius 3 is 2.52 bits per heavy atom. The fourth-order valence-corrected chi connectivity index (χ4v) is 5.85. The van der Waals surface area contributed by atoms with E-state index in [1.807, 2.05) is 31.7 Å². The number of aromatic nitrogens is 3. The molecule has 0 radical (unpaired) electrons. The standard InChI is InChI=1S/C31H36N6O3/c1-4-8-28(38)35-13-15-36(16-14-35)31-32-26-12-11-24(29-21(2)34-40-22(29)3)19-25(26)30(33-31)37-17-18-39-20-27(37)23-9-6-5-7-10-23/h5-7,9-12,19,27H,4,8,13-18,20H2,1-3H3/t27-/m1/s1. The number of carbonyl (C=O) groups is 1. The van der Waals surface area contributed by atoms with Gasteiger partial charge in [-0.3, -0.25) is 4.79 Å². The van der Waals surface area contributed by atoms with E-state index < -0.39 is 0 Å². The van der Waals surface area contributed by atoms with Crippen LogP contribution in [0, 0.1) is 13.8 Å². The van der Waals surface area contributed by atoms with Gasteiger partial charge in [0, 0.05) is 50.1 Å². The van der Waals surface area contributed by atoms with Gasteiger partial charge in [-0.25, -0.2) is 4.98 Å². The number of fused-ring (bicyclic) bond motifs is 1. The monoisotopic (exact) mass is 540 g/mol. The third kappa shape index (κ3) is 5.01. The predicted molar refractivity (Wildman–Crippen MR) is 156 cm³/mol. The number of morpholine rings is 1. The average Bonchev–Trinajstić information content (AvgIpc) is 3.34. The molecule has 0 spiro atoms. The summed E-state index contributed by atoms with van der Waals surface area (Å²) in [5.41, 5.74) is 4.99. The minimum Gasteiger partial charge on any atom is -0.377 e. The number of amides is 1. The first-order valence-electron chi connectivity index (χ1n) is 14.2. The van der Waals surface area contributed by atoms with E-state index in [-0.39, 0.29) is 11.9 Å². The topological polar surface area (TPSA) is 87.8 Å². The molecule has 0 unspecified atom stereocenters. The van der Waals surface area contributed by atoms with Crippen molar-refractivity contribution in [2.45, 2.75) is 39.7 Å². The highest BCUT2D eigenvalue weighted by atomic mass is 16.5. The Balaban J connectivity index is 1.43. The number of hydrogen-bond acceptors (Lipinski definition) is 8. The molecule has 9 heteroatoms. The quantitative estimate of drug-likeness (QED) is 0.340. The number of nitrogens with zero attached hydrogens (tertiary/aromatic N) is 6. The number of piperazine rings is 1. The molecular weight excluding hydrogens is 504 g/mol. The summed E-state index contributed by atoms with van der Waals surface area (Å²) >= 11 is 0. The molecule has 2 aromatic heterocycles. The summed E-state index contributed by atoms with van der Waals surface area (Å²) in [7, 11) is 0. The number of rotatable bonds is 6. The lowest BCUT2D eigenvalue weighted by Crippen LogP contribution is -2.49. The molecule has 2 aliphatic heterocycles. The van der Waals surface area contributed by atoms with Crippen molar-refractivity contribution < 1.29 is 14.1 Å². The van der Waals surface area contributed by atoms with Gasteiger partial charge in [-0.1, -0.05) is 48.5 Å². The van der Waals surface area contributed by atoms with E-state index in [1.165, 1.54) is 5.56 Å². The van der Waals surface area contributed by atoms with E-state index >= 15 is 0 Å². The van der Waals surface area contributed by atoms with Crippen LogP contribution in [0.5, 0.6) is 0 Å². The van der Waals surface area contributed by atoms with E-state index in [4.69, 9.17) is 19.2 Å². The molecule has 2 aromatic carbocycles. The van der Waals surface area contributed by atoms with Gasteiger partial charge < -0.3 is 24.0 Å². The predicted octanol–water partition coefficient (Wildman–Crippen LogP) is 4.93. The highest BCUT2D eigenvalue weighted by Crippen LogP contribution is 2.37. The number of carbonyl (C=O) groups excluding carboxylic acids is 1. The van der Waals surface area contributed by atoms with E-state index in [0.717, 1.165) is 52.3 Å². The van der Waals surface area contributed by atoms with Crippen molar-refractivity contribution in [3.63, 3.8) is 0 Å². The Labute approximate surface area is 234 Å². The summed E-state index contributed by atoms with van der Waals surface area (Å²) in [6.45, 7) is 10.7. The normalized spacial score (nSPS) is 18.0. The molecule has 0 saturated carbocycles. The molecular formula is C31H36N6O3. The van der Waals surface area contributed by atoms with Crippen LogP contribution in [0.25, 0.3) is 22.0 Å². The van der Waals surface area contributed by atoms with Crippen molar-refractivity contribution in [3.05, 3.63) is 65.5 Å². The molecule has 2 aliphatic rings. The van der Waals surface area contributed by atoms with Gasteiger partial charge in [-0.05, 0) is 43.5 Å². The molecule has 0 aliphatic carbocycles. The zero-order valence-electron chi connectivity index (χ0n) is 23.5. The molecule has 4 heterocycles. The van der Waals surface area contributed by atoms with Gasteiger partial charge in [0.15, 0.2) is 0 Å². The maximum atomic E-state index is 12.5. The number of benzene rings is 2. The van der Waals surface area contributed by atoms with E-state index in [0.29, 0.717) is 51.8 Å². The summed E-state index contributed by atoms with van der Waals surface area (Å²) in [6.07, 6.45) is 1.47. The zero-order chi connectivity index (χ0) is 27.6. The Kier molecular flexibility index (Phi) is 7.38. The molecule has 208 valence electrons. The van der Waals surface area contributed by atoms with Gasteiger partial charge in [-0.2, -0.15) is 4.98 Å². The number of hydrogen-bond donors (Lipinski definition) is 0. The van der Waals surface area contributed by atoms with Crippen LogP contribution in [-0.2, 0) is 9.53 Å². The Morgan fingerprint density at radius 1 is 1.00 bits per heavy atom. The molecule has 40 heavy (non-hydrogen) atoms. The van der Waals surface area contributed by atoms with Crippen molar-refractivity contribution in [2.24, 2.45) is 0 Å². The van der Waals surface area contributed by atoms with Crippen LogP contribution < -0.4 is 9.80 Å². The van der Waals surface area contributed by atoms with Crippen LogP contribution in [0.15, 0.2) is 53.1 Å². The SMILES string of the molecule is CCCC(=O)N1CCN(c2nc(N3CCOC[C@@H]3c3ccccc3)c3cc(-c4c(C)noc4C)ccc3n2)CC1. The molecule has 0 bridgehead atoms. The second-order valence-corrected chi connectivity index (χ2v) is 10.6. The lowest BCUT2D eigenvalue weighted by atomic mass is 10.0. The summed E-state index contributed by atoms with van der Waals surface area (Å²) < 4.78 is 11.4. The van der Waals surface area contributed by atoms with Crippen LogP contribution in [-0.4, -0.2) is 71.9 Å². The van der Waals surface area contributed by atoms with Crippen molar-refractivity contribution in [1.29, 1.82) is 0 Å². The fourth-order valence-electron chi connectivity index (χ4n) is 5.85. The van der Waals surface area contributed by atoms with E-state index in [1.54, 1.807) is 0 Å². The van der Waals surface area contributed by atoms with Crippen LogP contribution >= 0.6 is 0 Å². The van der Waals surface area contributed by atoms with Crippen LogP contribution in [0.4, 0.5) is 11.8 Å². The summed E-state index contributed by atoms with van der Waals surface area (Å²) in [5, 5.41) is 5.16. The van der Waals surface area contributed by atoms with Gasteiger partial charge in [0.05, 0.1) is 30.5 Å².